The van der Waals surface area contributed by atoms with Gasteiger partial charge in [-0.05, 0) is 30.3 Å². The summed E-state index contributed by atoms with van der Waals surface area (Å²) >= 11 is 0. The maximum Gasteiger partial charge on any atom is 0.258 e. The highest BCUT2D eigenvalue weighted by Crippen LogP contribution is 2.35. The van der Waals surface area contributed by atoms with Crippen LogP contribution in [-0.2, 0) is 0 Å². The minimum absolute atomic E-state index is 0.00344. The standard InChI is InChI=1S/C18H17NO3/c1-19-16(14-6-4-5-7-15(14)18(19)20)11-12-10-13(21-2)8-9-17(12)22-3/h4-11H,1-3H3/b16-11-. The van der Waals surface area contributed by atoms with Crippen LogP contribution in [0.1, 0.15) is 21.5 Å². The Bertz CT molecular complexity index is 765. The third-order valence-electron chi connectivity index (χ3n) is 3.83. The molecule has 1 heterocycles. The van der Waals surface area contributed by atoms with Crippen molar-refractivity contribution in [3.8, 4) is 11.5 Å². The Hall–Kier alpha value is -2.75. The zero-order valence-corrected chi connectivity index (χ0v) is 12.8. The van der Waals surface area contributed by atoms with Crippen LogP contribution in [0.25, 0.3) is 11.8 Å². The summed E-state index contributed by atoms with van der Waals surface area (Å²) in [6.07, 6.45) is 1.95. The summed E-state index contributed by atoms with van der Waals surface area (Å²) in [4.78, 5) is 14.0. The lowest BCUT2D eigenvalue weighted by Crippen LogP contribution is -2.17. The Morgan fingerprint density at radius 1 is 1.00 bits per heavy atom. The third-order valence-corrected chi connectivity index (χ3v) is 3.83. The van der Waals surface area contributed by atoms with Gasteiger partial charge in [-0.1, -0.05) is 18.2 Å². The van der Waals surface area contributed by atoms with Crippen LogP contribution in [0.2, 0.25) is 0 Å². The van der Waals surface area contributed by atoms with E-state index in [1.165, 1.54) is 0 Å². The van der Waals surface area contributed by atoms with Crippen molar-refractivity contribution in [3.05, 3.63) is 59.2 Å². The number of nitrogens with zero attached hydrogens (tertiary/aromatic N) is 1. The van der Waals surface area contributed by atoms with Crippen LogP contribution >= 0.6 is 0 Å². The smallest absolute Gasteiger partial charge is 0.258 e. The maximum absolute atomic E-state index is 12.3. The molecule has 0 aromatic heterocycles. The first-order valence-electron chi connectivity index (χ1n) is 6.97. The topological polar surface area (TPSA) is 38.8 Å². The number of fused-ring (bicyclic) bond motifs is 1. The van der Waals surface area contributed by atoms with Crippen LogP contribution in [0.3, 0.4) is 0 Å². The highest BCUT2D eigenvalue weighted by molar-refractivity contribution is 6.11. The van der Waals surface area contributed by atoms with E-state index in [1.807, 2.05) is 48.5 Å². The number of carbonyl (C=O) groups is 1. The minimum Gasteiger partial charge on any atom is -0.497 e. The molecule has 0 radical (unpaired) electrons. The van der Waals surface area contributed by atoms with Crippen molar-refractivity contribution in [1.82, 2.24) is 4.90 Å². The van der Waals surface area contributed by atoms with E-state index in [2.05, 4.69) is 0 Å². The molecule has 112 valence electrons. The fraction of sp³-hybridized carbons (Fsp3) is 0.167. The van der Waals surface area contributed by atoms with Crippen LogP contribution in [-0.4, -0.2) is 32.1 Å². The van der Waals surface area contributed by atoms with Crippen LogP contribution in [0, 0.1) is 0 Å². The van der Waals surface area contributed by atoms with Crippen molar-refractivity contribution in [2.75, 3.05) is 21.3 Å². The first-order valence-corrected chi connectivity index (χ1v) is 6.97. The predicted molar refractivity (Wildman–Crippen MR) is 86.0 cm³/mol. The van der Waals surface area contributed by atoms with Gasteiger partial charge in [0.15, 0.2) is 0 Å². The van der Waals surface area contributed by atoms with E-state index in [4.69, 9.17) is 9.47 Å². The molecule has 0 bridgehead atoms. The van der Waals surface area contributed by atoms with E-state index in [0.29, 0.717) is 0 Å². The summed E-state index contributed by atoms with van der Waals surface area (Å²) in [6.45, 7) is 0. The molecule has 0 spiro atoms. The molecule has 1 amide bonds. The maximum atomic E-state index is 12.3. The van der Waals surface area contributed by atoms with E-state index < -0.39 is 0 Å². The Labute approximate surface area is 129 Å². The molecule has 0 fully saturated rings. The number of benzene rings is 2. The molecule has 0 atom stereocenters. The minimum atomic E-state index is 0.00344. The number of ether oxygens (including phenoxy) is 2. The van der Waals surface area contributed by atoms with Gasteiger partial charge in [-0.2, -0.15) is 0 Å². The Morgan fingerprint density at radius 3 is 2.41 bits per heavy atom. The number of hydrogen-bond acceptors (Lipinski definition) is 3. The number of hydrogen-bond donors (Lipinski definition) is 0. The number of amides is 1. The van der Waals surface area contributed by atoms with Gasteiger partial charge < -0.3 is 14.4 Å². The molecule has 0 N–H and O–H groups in total. The highest BCUT2D eigenvalue weighted by atomic mass is 16.5. The van der Waals surface area contributed by atoms with Crippen molar-refractivity contribution < 1.29 is 14.3 Å². The molecule has 2 aromatic carbocycles. The third kappa shape index (κ3) is 2.22. The van der Waals surface area contributed by atoms with Crippen molar-refractivity contribution in [1.29, 1.82) is 0 Å². The quantitative estimate of drug-likeness (QED) is 0.872. The molecular weight excluding hydrogens is 278 g/mol. The van der Waals surface area contributed by atoms with Crippen LogP contribution in [0.15, 0.2) is 42.5 Å². The molecule has 1 aliphatic rings. The fourth-order valence-electron chi connectivity index (χ4n) is 2.64. The van der Waals surface area contributed by atoms with Gasteiger partial charge in [0.25, 0.3) is 5.91 Å². The fourth-order valence-corrected chi connectivity index (χ4v) is 2.64. The molecule has 4 heteroatoms. The SMILES string of the molecule is COc1ccc(OC)c(/C=C2/c3ccccc3C(=O)N2C)c1. The van der Waals surface area contributed by atoms with E-state index >= 15 is 0 Å². The zero-order valence-electron chi connectivity index (χ0n) is 12.8. The van der Waals surface area contributed by atoms with Gasteiger partial charge in [0, 0.05) is 23.7 Å². The summed E-state index contributed by atoms with van der Waals surface area (Å²) in [5.41, 5.74) is 3.37. The second kappa shape index (κ2) is 5.56. The van der Waals surface area contributed by atoms with Gasteiger partial charge in [0.05, 0.1) is 19.9 Å². The van der Waals surface area contributed by atoms with Crippen LogP contribution in [0.4, 0.5) is 0 Å². The number of carbonyl (C=O) groups excluding carboxylic acids is 1. The van der Waals surface area contributed by atoms with Crippen LogP contribution in [0.5, 0.6) is 11.5 Å². The Balaban J connectivity index is 2.15. The molecule has 0 aliphatic carbocycles. The first kappa shape index (κ1) is 14.2. The molecule has 22 heavy (non-hydrogen) atoms. The van der Waals surface area contributed by atoms with Gasteiger partial charge in [-0.15, -0.1) is 0 Å². The second-order valence-corrected chi connectivity index (χ2v) is 5.05. The van der Waals surface area contributed by atoms with Gasteiger partial charge >= 0.3 is 0 Å². The molecule has 1 aliphatic heterocycles. The molecule has 0 saturated heterocycles. The van der Waals surface area contributed by atoms with E-state index in [0.717, 1.165) is 33.9 Å². The average Bonchev–Trinajstić information content (AvgIpc) is 2.80. The van der Waals surface area contributed by atoms with Crippen molar-refractivity contribution >= 4 is 17.7 Å². The molecule has 0 saturated carbocycles. The summed E-state index contributed by atoms with van der Waals surface area (Å²) < 4.78 is 10.7. The Morgan fingerprint density at radius 2 is 1.73 bits per heavy atom. The van der Waals surface area contributed by atoms with Gasteiger partial charge in [-0.3, -0.25) is 4.79 Å². The summed E-state index contributed by atoms with van der Waals surface area (Å²) in [5, 5.41) is 0. The monoisotopic (exact) mass is 295 g/mol. The molecule has 0 unspecified atom stereocenters. The van der Waals surface area contributed by atoms with E-state index in [1.54, 1.807) is 26.2 Å². The summed E-state index contributed by atoms with van der Waals surface area (Å²) in [6, 6.07) is 13.2. The first-order chi connectivity index (χ1) is 10.7. The normalized spacial score (nSPS) is 15.1. The van der Waals surface area contributed by atoms with Crippen molar-refractivity contribution in [2.24, 2.45) is 0 Å². The van der Waals surface area contributed by atoms with E-state index in [9.17, 15) is 4.79 Å². The Kier molecular flexibility index (Phi) is 3.59. The molecule has 4 nitrogen and oxygen atoms in total. The largest absolute Gasteiger partial charge is 0.497 e. The lowest BCUT2D eigenvalue weighted by atomic mass is 10.1. The van der Waals surface area contributed by atoms with Crippen molar-refractivity contribution in [3.63, 3.8) is 0 Å². The summed E-state index contributed by atoms with van der Waals surface area (Å²) in [7, 11) is 5.03. The highest BCUT2D eigenvalue weighted by Gasteiger charge is 2.29. The second-order valence-electron chi connectivity index (χ2n) is 5.05. The lowest BCUT2D eigenvalue weighted by Gasteiger charge is -2.13. The van der Waals surface area contributed by atoms with Crippen molar-refractivity contribution in [2.45, 2.75) is 0 Å². The number of rotatable bonds is 3. The average molecular weight is 295 g/mol. The lowest BCUT2D eigenvalue weighted by molar-refractivity contribution is 0.0875. The molecule has 2 aromatic rings. The molecule has 3 rings (SSSR count). The van der Waals surface area contributed by atoms with E-state index in [-0.39, 0.29) is 5.91 Å². The summed E-state index contributed by atoms with van der Waals surface area (Å²) in [5.74, 6) is 1.48. The van der Waals surface area contributed by atoms with Gasteiger partial charge in [0.2, 0.25) is 0 Å². The van der Waals surface area contributed by atoms with Gasteiger partial charge in [-0.25, -0.2) is 0 Å². The zero-order chi connectivity index (χ0) is 15.7. The van der Waals surface area contributed by atoms with Gasteiger partial charge in [0.1, 0.15) is 11.5 Å². The number of methoxy groups -OCH3 is 2. The van der Waals surface area contributed by atoms with Crippen LogP contribution < -0.4 is 9.47 Å². The molecular formula is C18H17NO3. The predicted octanol–water partition coefficient (Wildman–Crippen LogP) is 3.29.